The van der Waals surface area contributed by atoms with Gasteiger partial charge in [0, 0.05) is 17.3 Å². The Bertz CT molecular complexity index is 508. The van der Waals surface area contributed by atoms with Crippen LogP contribution in [0.3, 0.4) is 0 Å². The van der Waals surface area contributed by atoms with Gasteiger partial charge in [0.2, 0.25) is 6.41 Å². The lowest BCUT2D eigenvalue weighted by atomic mass is 10.1. The molecule has 0 aliphatic rings. The normalized spacial score (nSPS) is 10.4. The lowest BCUT2D eigenvalue weighted by Crippen LogP contribution is -2.34. The summed E-state index contributed by atoms with van der Waals surface area (Å²) in [5.74, 6) is 0.281. The standard InChI is InChI=1S/C20H31ClN2O3/c1-2-3-4-5-6-7-8-9-10-11-16-26-19-14-12-18(13-15-19)20(25)22-23(21)17-24/h12-15,17H,2-11,16H2,1H3,(H,22,25). The van der Waals surface area contributed by atoms with Crippen LogP contribution in [0.2, 0.25) is 0 Å². The fourth-order valence-electron chi connectivity index (χ4n) is 2.67. The summed E-state index contributed by atoms with van der Waals surface area (Å²) in [4.78, 5) is 22.1. The van der Waals surface area contributed by atoms with E-state index in [-0.39, 0.29) is 0 Å². The summed E-state index contributed by atoms with van der Waals surface area (Å²) in [6, 6.07) is 6.76. The Morgan fingerprint density at radius 3 is 2.08 bits per heavy atom. The number of hydrogen-bond acceptors (Lipinski definition) is 3. The molecular formula is C20H31ClN2O3. The van der Waals surface area contributed by atoms with Gasteiger partial charge in [0.25, 0.3) is 5.91 Å². The Labute approximate surface area is 162 Å². The first-order chi connectivity index (χ1) is 12.7. The zero-order valence-electron chi connectivity index (χ0n) is 15.7. The Morgan fingerprint density at radius 1 is 1.00 bits per heavy atom. The Kier molecular flexibility index (Phi) is 12.4. The van der Waals surface area contributed by atoms with Gasteiger partial charge in [-0.15, -0.1) is 0 Å². The molecule has 26 heavy (non-hydrogen) atoms. The van der Waals surface area contributed by atoms with Gasteiger partial charge in [-0.3, -0.25) is 9.59 Å². The fraction of sp³-hybridized carbons (Fsp3) is 0.600. The van der Waals surface area contributed by atoms with Gasteiger partial charge in [-0.25, -0.2) is 5.43 Å². The van der Waals surface area contributed by atoms with Crippen molar-refractivity contribution in [1.29, 1.82) is 0 Å². The van der Waals surface area contributed by atoms with Gasteiger partial charge in [0.05, 0.1) is 6.61 Å². The average Bonchev–Trinajstić information content (AvgIpc) is 2.66. The number of amides is 2. The Balaban J connectivity index is 2.07. The second kappa shape index (κ2) is 14.4. The maximum atomic E-state index is 11.7. The molecule has 0 spiro atoms. The molecule has 0 saturated carbocycles. The Morgan fingerprint density at radius 2 is 1.54 bits per heavy atom. The van der Waals surface area contributed by atoms with Crippen molar-refractivity contribution in [2.45, 2.75) is 71.1 Å². The molecule has 0 saturated heterocycles. The molecule has 0 atom stereocenters. The van der Waals surface area contributed by atoms with Crippen LogP contribution in [-0.4, -0.2) is 23.5 Å². The van der Waals surface area contributed by atoms with E-state index in [1.54, 1.807) is 24.3 Å². The van der Waals surface area contributed by atoms with E-state index in [1.165, 1.54) is 57.8 Å². The molecule has 2 amide bonds. The summed E-state index contributed by atoms with van der Waals surface area (Å²) >= 11 is 5.41. The molecule has 6 heteroatoms. The quantitative estimate of drug-likeness (QED) is 0.195. The number of carbonyl (C=O) groups excluding carboxylic acids is 2. The van der Waals surface area contributed by atoms with Gasteiger partial charge >= 0.3 is 0 Å². The minimum Gasteiger partial charge on any atom is -0.494 e. The number of hydrogen-bond donors (Lipinski definition) is 1. The smallest absolute Gasteiger partial charge is 0.270 e. The third kappa shape index (κ3) is 10.3. The number of unbranched alkanes of at least 4 members (excludes halogenated alkanes) is 9. The summed E-state index contributed by atoms with van der Waals surface area (Å²) in [7, 11) is 0. The van der Waals surface area contributed by atoms with E-state index >= 15 is 0 Å². The molecule has 5 nitrogen and oxygen atoms in total. The first-order valence-electron chi connectivity index (χ1n) is 9.61. The maximum absolute atomic E-state index is 11.7. The molecule has 0 bridgehead atoms. The molecule has 0 fully saturated rings. The first kappa shape index (κ1) is 22.3. The van der Waals surface area contributed by atoms with E-state index in [2.05, 4.69) is 12.3 Å². The van der Waals surface area contributed by atoms with Crippen molar-refractivity contribution >= 4 is 24.1 Å². The van der Waals surface area contributed by atoms with Gasteiger partial charge < -0.3 is 4.74 Å². The highest BCUT2D eigenvalue weighted by molar-refractivity contribution is 6.19. The topological polar surface area (TPSA) is 58.6 Å². The molecule has 1 rings (SSSR count). The molecule has 0 aliphatic heterocycles. The van der Waals surface area contributed by atoms with Crippen LogP contribution < -0.4 is 10.2 Å². The highest BCUT2D eigenvalue weighted by Gasteiger charge is 2.08. The van der Waals surface area contributed by atoms with Crippen molar-refractivity contribution in [2.24, 2.45) is 0 Å². The summed E-state index contributed by atoms with van der Waals surface area (Å²) in [6.07, 6.45) is 13.3. The van der Waals surface area contributed by atoms with Crippen LogP contribution in [0.5, 0.6) is 5.75 Å². The Hall–Kier alpha value is -1.75. The van der Waals surface area contributed by atoms with Crippen LogP contribution in [-0.2, 0) is 4.79 Å². The van der Waals surface area contributed by atoms with Crippen molar-refractivity contribution in [3.05, 3.63) is 29.8 Å². The highest BCUT2D eigenvalue weighted by Crippen LogP contribution is 2.14. The molecule has 0 unspecified atom stereocenters. The van der Waals surface area contributed by atoms with E-state index in [0.29, 0.717) is 23.1 Å². The third-order valence-corrected chi connectivity index (χ3v) is 4.35. The lowest BCUT2D eigenvalue weighted by Gasteiger charge is -2.10. The van der Waals surface area contributed by atoms with Crippen LogP contribution in [0, 0.1) is 0 Å². The van der Waals surface area contributed by atoms with Gasteiger partial charge in [-0.1, -0.05) is 64.7 Å². The molecule has 0 aliphatic carbocycles. The first-order valence-corrected chi connectivity index (χ1v) is 9.95. The number of rotatable bonds is 15. The van der Waals surface area contributed by atoms with E-state index in [9.17, 15) is 9.59 Å². The number of halogens is 1. The second-order valence-electron chi connectivity index (χ2n) is 6.41. The zero-order chi connectivity index (χ0) is 19.0. The minimum absolute atomic E-state index is 0.309. The largest absolute Gasteiger partial charge is 0.494 e. The van der Waals surface area contributed by atoms with Gasteiger partial charge in [0.15, 0.2) is 0 Å². The van der Waals surface area contributed by atoms with E-state index in [0.717, 1.165) is 12.2 Å². The molecule has 146 valence electrons. The van der Waals surface area contributed by atoms with E-state index < -0.39 is 5.91 Å². The lowest BCUT2D eigenvalue weighted by molar-refractivity contribution is -0.115. The van der Waals surface area contributed by atoms with Crippen molar-refractivity contribution in [2.75, 3.05) is 6.61 Å². The molecule has 0 aromatic heterocycles. The predicted octanol–water partition coefficient (Wildman–Crippen LogP) is 5.24. The minimum atomic E-state index is -0.451. The van der Waals surface area contributed by atoms with Gasteiger partial charge in [0.1, 0.15) is 5.75 Å². The van der Waals surface area contributed by atoms with Gasteiger partial charge in [-0.05, 0) is 30.7 Å². The molecule has 0 heterocycles. The van der Waals surface area contributed by atoms with Crippen LogP contribution in [0.4, 0.5) is 0 Å². The fourth-order valence-corrected chi connectivity index (χ4v) is 2.75. The van der Waals surface area contributed by atoms with Crippen molar-refractivity contribution in [3.8, 4) is 5.75 Å². The highest BCUT2D eigenvalue weighted by atomic mass is 35.5. The summed E-state index contributed by atoms with van der Waals surface area (Å²) in [5, 5.41) is 0. The predicted molar refractivity (Wildman–Crippen MR) is 105 cm³/mol. The molecular weight excluding hydrogens is 352 g/mol. The molecule has 1 N–H and O–H groups in total. The summed E-state index contributed by atoms with van der Waals surface area (Å²) < 4.78 is 6.24. The van der Waals surface area contributed by atoms with Crippen molar-refractivity contribution in [1.82, 2.24) is 9.95 Å². The maximum Gasteiger partial charge on any atom is 0.270 e. The number of benzene rings is 1. The van der Waals surface area contributed by atoms with E-state index in [4.69, 9.17) is 16.5 Å². The average molecular weight is 383 g/mol. The van der Waals surface area contributed by atoms with Crippen molar-refractivity contribution < 1.29 is 14.3 Å². The van der Waals surface area contributed by atoms with Crippen LogP contribution >= 0.6 is 11.8 Å². The zero-order valence-corrected chi connectivity index (χ0v) is 16.5. The van der Waals surface area contributed by atoms with Crippen LogP contribution in [0.15, 0.2) is 24.3 Å². The van der Waals surface area contributed by atoms with Crippen LogP contribution in [0.1, 0.15) is 81.5 Å². The number of carbonyl (C=O) groups is 2. The van der Waals surface area contributed by atoms with Crippen LogP contribution in [0.25, 0.3) is 0 Å². The number of nitrogens with zero attached hydrogens (tertiary/aromatic N) is 1. The number of nitrogens with one attached hydrogen (secondary N) is 1. The summed E-state index contributed by atoms with van der Waals surface area (Å²) in [5.41, 5.74) is 2.61. The molecule has 1 aromatic rings. The monoisotopic (exact) mass is 382 g/mol. The summed E-state index contributed by atoms with van der Waals surface area (Å²) in [6.45, 7) is 2.93. The molecule has 0 radical (unpaired) electrons. The molecule has 1 aromatic carbocycles. The SMILES string of the molecule is CCCCCCCCCCCCOc1ccc(C(=O)NN(Cl)C=O)cc1. The second-order valence-corrected chi connectivity index (χ2v) is 6.78. The third-order valence-electron chi connectivity index (χ3n) is 4.18. The van der Waals surface area contributed by atoms with E-state index in [1.807, 2.05) is 0 Å². The van der Waals surface area contributed by atoms with Crippen molar-refractivity contribution in [3.63, 3.8) is 0 Å². The number of hydrazine groups is 1. The van der Waals surface area contributed by atoms with Gasteiger partial charge in [-0.2, -0.15) is 4.53 Å². The number of ether oxygens (including phenoxy) is 1.